The fraction of sp³-hybridized carbons (Fsp3) is 0.351. The Morgan fingerprint density at radius 1 is 0.960 bits per heavy atom. The first kappa shape index (κ1) is 35.5. The largest absolute Gasteiger partial charge is 0.748 e. The van der Waals surface area contributed by atoms with Crippen LogP contribution in [-0.2, 0) is 20.2 Å². The molecule has 3 aromatic carbocycles. The topological polar surface area (TPSA) is 147 Å². The van der Waals surface area contributed by atoms with Crippen LogP contribution >= 0.6 is 0 Å². The molecule has 0 saturated carbocycles. The Bertz CT molecular complexity index is 2410. The van der Waals surface area contributed by atoms with Crippen LogP contribution in [0.15, 0.2) is 60.7 Å². The van der Waals surface area contributed by atoms with Crippen molar-refractivity contribution in [1.82, 2.24) is 9.48 Å². The number of carbonyl (C=O) groups is 1. The van der Waals surface area contributed by atoms with E-state index in [1.807, 2.05) is 69.8 Å². The molecule has 3 heterocycles. The van der Waals surface area contributed by atoms with Gasteiger partial charge in [0.15, 0.2) is 5.54 Å². The summed E-state index contributed by atoms with van der Waals surface area (Å²) in [5, 5.41) is 1.30. The zero-order valence-electron chi connectivity index (χ0n) is 29.4. The lowest BCUT2D eigenvalue weighted by Gasteiger charge is -2.41. The summed E-state index contributed by atoms with van der Waals surface area (Å²) in [4.78, 5) is 17.4. The van der Waals surface area contributed by atoms with Crippen LogP contribution in [0.2, 0.25) is 0 Å². The van der Waals surface area contributed by atoms with Crippen molar-refractivity contribution >= 4 is 48.6 Å². The molecule has 50 heavy (non-hydrogen) atoms. The number of nitrogens with zero attached hydrogens (tertiary/aromatic N) is 3. The first-order valence-electron chi connectivity index (χ1n) is 16.1. The third-order valence-corrected chi connectivity index (χ3v) is 11.4. The second-order valence-corrected chi connectivity index (χ2v) is 17.4. The molecule has 3 aliphatic heterocycles. The van der Waals surface area contributed by atoms with Gasteiger partial charge in [0, 0.05) is 73.7 Å². The van der Waals surface area contributed by atoms with Gasteiger partial charge in [-0.25, -0.2) is 13.0 Å². The molecule has 1 amide bonds. The fourth-order valence-electron chi connectivity index (χ4n) is 7.07. The Balaban J connectivity index is 1.70. The van der Waals surface area contributed by atoms with E-state index in [0.29, 0.717) is 49.9 Å². The molecule has 13 heteroatoms. The van der Waals surface area contributed by atoms with Gasteiger partial charge in [-0.05, 0) is 61.8 Å². The minimum absolute atomic E-state index is 0.269. The maximum Gasteiger partial charge on any atom is 0.269 e. The number of rotatable bonds is 7. The van der Waals surface area contributed by atoms with Gasteiger partial charge in [0.1, 0.15) is 24.3 Å². The summed E-state index contributed by atoms with van der Waals surface area (Å²) in [5.41, 5.74) is 5.32. The summed E-state index contributed by atoms with van der Waals surface area (Å²) in [7, 11) is -3.57. The molecule has 11 nitrogen and oxygen atoms in total. The lowest BCUT2D eigenvalue weighted by atomic mass is 9.83. The van der Waals surface area contributed by atoms with Crippen molar-refractivity contribution in [1.29, 1.82) is 0 Å². The summed E-state index contributed by atoms with van der Waals surface area (Å²) in [6.45, 7) is 9.92. The molecule has 0 atom stereocenters. The number of likely N-dealkylation sites (N-methyl/N-ethyl adjacent to an activating group) is 2. The molecule has 3 aromatic rings. The molecule has 264 valence electrons. The molecule has 0 saturated heterocycles. The van der Waals surface area contributed by atoms with Crippen LogP contribution in [0.25, 0.3) is 16.7 Å². The average Bonchev–Trinajstić information content (AvgIpc) is 3.01. The van der Waals surface area contributed by atoms with Crippen molar-refractivity contribution in [2.75, 3.05) is 44.1 Å². The van der Waals surface area contributed by atoms with Crippen LogP contribution in [-0.4, -0.2) is 87.0 Å². The standard InChI is InChI=1S/C37H41N3O8S2/c1-22-19-36(2,3)39(7)30-17-32-28(15-26(22)30)34(24-11-9-10-12-25(24)35(41)38(6)13-14-49(42,43)44)29-16-27-23(21-50(45,46)47)20-37(4,5)40(8)31(27)18-33(29)48-32/h9-12,15-20H,13-14,21H2,1-8H3,(H-,42,43,44,45,46,47). The van der Waals surface area contributed by atoms with E-state index < -0.39 is 43.2 Å². The monoisotopic (exact) mass is 719 g/mol. The highest BCUT2D eigenvalue weighted by molar-refractivity contribution is 7.86. The molecule has 3 aliphatic rings. The smallest absolute Gasteiger partial charge is 0.269 e. The molecule has 0 fully saturated rings. The number of carbonyl (C=O) groups excluding carboxylic acids is 1. The van der Waals surface area contributed by atoms with Gasteiger partial charge in [-0.1, -0.05) is 24.3 Å². The highest BCUT2D eigenvalue weighted by atomic mass is 32.2. The minimum atomic E-state index is -4.56. The molecule has 1 N–H and O–H groups in total. The van der Waals surface area contributed by atoms with Gasteiger partial charge in [0.05, 0.1) is 33.0 Å². The Hall–Kier alpha value is -4.30. The van der Waals surface area contributed by atoms with E-state index in [1.165, 1.54) is 11.9 Å². The van der Waals surface area contributed by atoms with E-state index in [-0.39, 0.29) is 17.6 Å². The highest BCUT2D eigenvalue weighted by Gasteiger charge is 2.36. The summed E-state index contributed by atoms with van der Waals surface area (Å²) >= 11 is 0. The predicted molar refractivity (Wildman–Crippen MR) is 194 cm³/mol. The maximum atomic E-state index is 14.0. The fourth-order valence-corrected chi connectivity index (χ4v) is 8.19. The second kappa shape index (κ2) is 11.9. The number of ether oxygens (including phenoxy) is 1. The van der Waals surface area contributed by atoms with Crippen molar-refractivity contribution in [2.24, 2.45) is 0 Å². The number of fused-ring (bicyclic) bond motifs is 4. The Kier molecular flexibility index (Phi) is 8.45. The van der Waals surface area contributed by atoms with Crippen LogP contribution in [0.3, 0.4) is 0 Å². The summed E-state index contributed by atoms with van der Waals surface area (Å²) in [6, 6.07) is 14.7. The van der Waals surface area contributed by atoms with Crippen molar-refractivity contribution in [3.05, 3.63) is 99.1 Å². The molecule has 6 rings (SSSR count). The molecule has 0 radical (unpaired) electrons. The van der Waals surface area contributed by atoms with Crippen molar-refractivity contribution in [3.8, 4) is 11.5 Å². The Labute approximate surface area is 293 Å². The van der Waals surface area contributed by atoms with E-state index in [1.54, 1.807) is 24.3 Å². The number of amides is 1. The van der Waals surface area contributed by atoms with Crippen molar-refractivity contribution in [2.45, 2.75) is 45.7 Å². The minimum Gasteiger partial charge on any atom is -0.748 e. The third kappa shape index (κ3) is 6.39. The number of hydrogen-bond acceptors (Lipinski definition) is 8. The van der Waals surface area contributed by atoms with Gasteiger partial charge >= 0.3 is 0 Å². The highest BCUT2D eigenvalue weighted by Crippen LogP contribution is 2.46. The Morgan fingerprint density at radius 3 is 2.30 bits per heavy atom. The van der Waals surface area contributed by atoms with Crippen molar-refractivity contribution in [3.63, 3.8) is 0 Å². The number of benzene rings is 3. The lowest BCUT2D eigenvalue weighted by molar-refractivity contribution is 0.0802. The van der Waals surface area contributed by atoms with Crippen molar-refractivity contribution < 1.29 is 35.5 Å². The van der Waals surface area contributed by atoms with Crippen LogP contribution < -0.4 is 24.8 Å². The zero-order chi connectivity index (χ0) is 36.7. The van der Waals surface area contributed by atoms with E-state index in [4.69, 9.17) is 4.74 Å². The molecule has 0 bridgehead atoms. The predicted octanol–water partition coefficient (Wildman–Crippen LogP) is 3.47. The zero-order valence-corrected chi connectivity index (χ0v) is 31.0. The Morgan fingerprint density at radius 2 is 1.64 bits per heavy atom. The van der Waals surface area contributed by atoms with E-state index in [0.717, 1.165) is 16.8 Å². The molecular weight excluding hydrogens is 679 g/mol. The molecule has 0 unspecified atom stereocenters. The number of allylic oxidation sites excluding steroid dienone is 1. The molecular formula is C37H41N3O8S2. The third-order valence-electron chi connectivity index (χ3n) is 10.1. The van der Waals surface area contributed by atoms with E-state index >= 15 is 0 Å². The van der Waals surface area contributed by atoms with Crippen LogP contribution in [0.1, 0.15) is 67.2 Å². The van der Waals surface area contributed by atoms with Gasteiger partial charge in [0.2, 0.25) is 5.36 Å². The quantitative estimate of drug-likeness (QED) is 0.224. The maximum absolute atomic E-state index is 14.0. The lowest BCUT2D eigenvalue weighted by Crippen LogP contribution is -2.47. The van der Waals surface area contributed by atoms with Gasteiger partial charge in [0.25, 0.3) is 16.0 Å². The van der Waals surface area contributed by atoms with E-state index in [2.05, 4.69) is 24.8 Å². The van der Waals surface area contributed by atoms with Gasteiger partial charge in [-0.3, -0.25) is 9.35 Å². The van der Waals surface area contributed by atoms with Crippen LogP contribution in [0.4, 0.5) is 5.69 Å². The molecule has 0 spiro atoms. The summed E-state index contributed by atoms with van der Waals surface area (Å²) in [5.74, 6) is -0.755. The van der Waals surface area contributed by atoms with Crippen LogP contribution in [0.5, 0.6) is 11.5 Å². The summed E-state index contributed by atoms with van der Waals surface area (Å²) < 4.78 is 77.4. The van der Waals surface area contributed by atoms with Gasteiger partial charge < -0.3 is 19.1 Å². The average molecular weight is 720 g/mol. The van der Waals surface area contributed by atoms with Gasteiger partial charge in [-0.15, -0.1) is 0 Å². The van der Waals surface area contributed by atoms with Gasteiger partial charge in [-0.2, -0.15) is 8.42 Å². The number of anilines is 1. The van der Waals surface area contributed by atoms with E-state index in [9.17, 15) is 30.7 Å². The molecule has 0 aromatic heterocycles. The normalized spacial score (nSPS) is 17.4. The number of hydrogen-bond donors (Lipinski definition) is 1. The second-order valence-electron chi connectivity index (χ2n) is 14.4. The first-order chi connectivity index (χ1) is 23.1. The first-order valence-corrected chi connectivity index (χ1v) is 19.3. The summed E-state index contributed by atoms with van der Waals surface area (Å²) in [6.07, 6.45) is 4.02. The SMILES string of the molecule is CC1=CC(C)(C)N(C)c2cc3c(cc21)C(c1ccccc1C(=O)N(C)CCS(=O)(=O)[O-])=c1cc2c(cc1O3)=[N+](C)C(C)(C)C=C2CS(=O)(=O)O. The van der Waals surface area contributed by atoms with Crippen LogP contribution in [0, 0.1) is 0 Å². The molecule has 0 aliphatic carbocycles.